The number of carbonyl (C=O) groups is 1. The van der Waals surface area contributed by atoms with Crippen molar-refractivity contribution in [2.45, 2.75) is 38.3 Å². The SMILES string of the molecule is COc1ccc(S(=O)(=O)N(Cc2ccccc2)C(C)C)cc1NC(C)=O. The molecule has 0 aromatic heterocycles. The first-order chi connectivity index (χ1) is 12.3. The van der Waals surface area contributed by atoms with Crippen LogP contribution in [0.25, 0.3) is 0 Å². The number of amides is 1. The van der Waals surface area contributed by atoms with Gasteiger partial charge >= 0.3 is 0 Å². The van der Waals surface area contributed by atoms with Crippen molar-refractivity contribution in [2.24, 2.45) is 0 Å². The molecule has 6 nitrogen and oxygen atoms in total. The van der Waals surface area contributed by atoms with E-state index in [9.17, 15) is 13.2 Å². The molecular weight excluding hydrogens is 352 g/mol. The highest BCUT2D eigenvalue weighted by Gasteiger charge is 2.28. The van der Waals surface area contributed by atoms with Crippen molar-refractivity contribution < 1.29 is 17.9 Å². The van der Waals surface area contributed by atoms with Gasteiger partial charge in [0.05, 0.1) is 17.7 Å². The molecule has 0 heterocycles. The molecule has 7 heteroatoms. The number of rotatable bonds is 7. The lowest BCUT2D eigenvalue weighted by atomic mass is 10.2. The zero-order valence-electron chi connectivity index (χ0n) is 15.4. The summed E-state index contributed by atoms with van der Waals surface area (Å²) in [4.78, 5) is 11.5. The monoisotopic (exact) mass is 376 g/mol. The van der Waals surface area contributed by atoms with Gasteiger partial charge in [-0.15, -0.1) is 0 Å². The lowest BCUT2D eigenvalue weighted by Crippen LogP contribution is -2.36. The van der Waals surface area contributed by atoms with E-state index in [0.717, 1.165) is 5.56 Å². The Morgan fingerprint density at radius 3 is 2.35 bits per heavy atom. The number of nitrogens with zero attached hydrogens (tertiary/aromatic N) is 1. The van der Waals surface area contributed by atoms with Crippen molar-refractivity contribution in [3.63, 3.8) is 0 Å². The van der Waals surface area contributed by atoms with E-state index in [0.29, 0.717) is 11.4 Å². The molecule has 1 N–H and O–H groups in total. The highest BCUT2D eigenvalue weighted by atomic mass is 32.2. The number of methoxy groups -OCH3 is 1. The fourth-order valence-corrected chi connectivity index (χ4v) is 4.23. The van der Waals surface area contributed by atoms with E-state index in [1.54, 1.807) is 6.07 Å². The van der Waals surface area contributed by atoms with Crippen LogP contribution >= 0.6 is 0 Å². The highest BCUT2D eigenvalue weighted by Crippen LogP contribution is 2.30. The topological polar surface area (TPSA) is 75.7 Å². The van der Waals surface area contributed by atoms with Crippen molar-refractivity contribution in [2.75, 3.05) is 12.4 Å². The normalized spacial score (nSPS) is 11.6. The van der Waals surface area contributed by atoms with Crippen LogP contribution in [0.3, 0.4) is 0 Å². The molecule has 0 aliphatic rings. The third-order valence-electron chi connectivity index (χ3n) is 3.85. The van der Waals surface area contributed by atoms with Crippen LogP contribution < -0.4 is 10.1 Å². The summed E-state index contributed by atoms with van der Waals surface area (Å²) in [6.07, 6.45) is 0. The second kappa shape index (κ2) is 8.33. The molecule has 0 aliphatic carbocycles. The van der Waals surface area contributed by atoms with Crippen LogP contribution in [0, 0.1) is 0 Å². The van der Waals surface area contributed by atoms with Crippen LogP contribution in [0.15, 0.2) is 53.4 Å². The summed E-state index contributed by atoms with van der Waals surface area (Å²) < 4.78 is 33.0. The number of anilines is 1. The molecule has 2 aromatic rings. The van der Waals surface area contributed by atoms with Crippen LogP contribution in [0.2, 0.25) is 0 Å². The quantitative estimate of drug-likeness (QED) is 0.805. The number of hydrogen-bond donors (Lipinski definition) is 1. The molecule has 0 unspecified atom stereocenters. The van der Waals surface area contributed by atoms with Crippen molar-refractivity contribution >= 4 is 21.6 Å². The Kier molecular flexibility index (Phi) is 6.39. The molecule has 0 aliphatic heterocycles. The summed E-state index contributed by atoms with van der Waals surface area (Å²) in [5.74, 6) is 0.0983. The maximum absolute atomic E-state index is 13.2. The van der Waals surface area contributed by atoms with Crippen LogP contribution in [0.1, 0.15) is 26.3 Å². The molecule has 0 saturated carbocycles. The molecular formula is C19H24N2O4S. The highest BCUT2D eigenvalue weighted by molar-refractivity contribution is 7.89. The molecule has 0 saturated heterocycles. The third-order valence-corrected chi connectivity index (χ3v) is 5.86. The van der Waals surface area contributed by atoms with Crippen LogP contribution in [0.5, 0.6) is 5.75 Å². The number of sulfonamides is 1. The molecule has 2 rings (SSSR count). The molecule has 0 bridgehead atoms. The van der Waals surface area contributed by atoms with Gasteiger partial charge in [-0.3, -0.25) is 4.79 Å². The minimum absolute atomic E-state index is 0.103. The Balaban J connectivity index is 2.44. The van der Waals surface area contributed by atoms with E-state index in [4.69, 9.17) is 4.74 Å². The average molecular weight is 376 g/mol. The third kappa shape index (κ3) is 4.62. The number of nitrogens with one attached hydrogen (secondary N) is 1. The van der Waals surface area contributed by atoms with E-state index < -0.39 is 10.0 Å². The van der Waals surface area contributed by atoms with Crippen LogP contribution in [-0.2, 0) is 21.4 Å². The predicted octanol–water partition coefficient (Wildman–Crippen LogP) is 3.25. The van der Waals surface area contributed by atoms with E-state index in [2.05, 4.69) is 5.32 Å². The number of benzene rings is 2. The maximum atomic E-state index is 13.2. The van der Waals surface area contributed by atoms with Crippen LogP contribution in [0.4, 0.5) is 5.69 Å². The summed E-state index contributed by atoms with van der Waals surface area (Å²) in [6, 6.07) is 13.6. The maximum Gasteiger partial charge on any atom is 0.243 e. The molecule has 0 atom stereocenters. The summed E-state index contributed by atoms with van der Waals surface area (Å²) in [6.45, 7) is 5.29. The Labute approximate surface area is 154 Å². The Morgan fingerprint density at radius 2 is 1.81 bits per heavy atom. The lowest BCUT2D eigenvalue weighted by Gasteiger charge is -2.26. The first kappa shape index (κ1) is 19.9. The number of carbonyl (C=O) groups excluding carboxylic acids is 1. The second-order valence-corrected chi connectivity index (χ2v) is 8.06. The fourth-order valence-electron chi connectivity index (χ4n) is 2.58. The van der Waals surface area contributed by atoms with Crippen molar-refractivity contribution in [3.05, 3.63) is 54.1 Å². The molecule has 0 spiro atoms. The van der Waals surface area contributed by atoms with Gasteiger partial charge in [0.1, 0.15) is 5.75 Å². The Morgan fingerprint density at radius 1 is 1.15 bits per heavy atom. The Bertz CT molecular complexity index is 864. The van der Waals surface area contributed by atoms with E-state index in [1.165, 1.54) is 30.5 Å². The zero-order valence-corrected chi connectivity index (χ0v) is 16.2. The smallest absolute Gasteiger partial charge is 0.243 e. The molecule has 0 fully saturated rings. The van der Waals surface area contributed by atoms with Crippen molar-refractivity contribution in [3.8, 4) is 5.75 Å². The van der Waals surface area contributed by atoms with Crippen molar-refractivity contribution in [1.82, 2.24) is 4.31 Å². The molecule has 140 valence electrons. The molecule has 1 amide bonds. The molecule has 26 heavy (non-hydrogen) atoms. The van der Waals surface area contributed by atoms with Gasteiger partial charge in [-0.25, -0.2) is 8.42 Å². The molecule has 2 aromatic carbocycles. The van der Waals surface area contributed by atoms with Gasteiger partial charge in [0.2, 0.25) is 15.9 Å². The average Bonchev–Trinajstić information content (AvgIpc) is 2.59. The number of hydrogen-bond acceptors (Lipinski definition) is 4. The zero-order chi connectivity index (χ0) is 19.3. The van der Waals surface area contributed by atoms with E-state index in [-0.39, 0.29) is 23.4 Å². The number of ether oxygens (including phenoxy) is 1. The summed E-state index contributed by atoms with van der Waals surface area (Å²) in [5, 5.41) is 2.61. The van der Waals surface area contributed by atoms with Gasteiger partial charge in [0, 0.05) is 19.5 Å². The summed E-state index contributed by atoms with van der Waals surface area (Å²) in [7, 11) is -2.29. The lowest BCUT2D eigenvalue weighted by molar-refractivity contribution is -0.114. The van der Waals surface area contributed by atoms with Crippen LogP contribution in [-0.4, -0.2) is 31.8 Å². The minimum Gasteiger partial charge on any atom is -0.495 e. The predicted molar refractivity (Wildman–Crippen MR) is 102 cm³/mol. The van der Waals surface area contributed by atoms with Crippen molar-refractivity contribution in [1.29, 1.82) is 0 Å². The van der Waals surface area contributed by atoms with E-state index in [1.807, 2.05) is 44.2 Å². The summed E-state index contributed by atoms with van der Waals surface area (Å²) in [5.41, 5.74) is 1.23. The van der Waals surface area contributed by atoms with Gasteiger partial charge in [-0.05, 0) is 37.6 Å². The van der Waals surface area contributed by atoms with Gasteiger partial charge < -0.3 is 10.1 Å². The first-order valence-corrected chi connectivity index (χ1v) is 9.71. The molecule has 0 radical (unpaired) electrons. The standard InChI is InChI=1S/C19H24N2O4S/c1-14(2)21(13-16-8-6-5-7-9-16)26(23,24)17-10-11-19(25-4)18(12-17)20-15(3)22/h5-12,14H,13H2,1-4H3,(H,20,22). The second-order valence-electron chi connectivity index (χ2n) is 6.17. The van der Waals surface area contributed by atoms with E-state index >= 15 is 0 Å². The first-order valence-electron chi connectivity index (χ1n) is 8.27. The Hall–Kier alpha value is -2.38. The minimum atomic E-state index is -3.76. The van der Waals surface area contributed by atoms with Gasteiger partial charge in [-0.1, -0.05) is 30.3 Å². The van der Waals surface area contributed by atoms with Gasteiger partial charge in [0.15, 0.2) is 0 Å². The van der Waals surface area contributed by atoms with Gasteiger partial charge in [0.25, 0.3) is 0 Å². The van der Waals surface area contributed by atoms with Gasteiger partial charge in [-0.2, -0.15) is 4.31 Å². The fraction of sp³-hybridized carbons (Fsp3) is 0.316. The summed E-state index contributed by atoms with van der Waals surface area (Å²) >= 11 is 0. The largest absolute Gasteiger partial charge is 0.495 e.